The minimum Gasteiger partial charge on any atom is -0.413 e. The van der Waals surface area contributed by atoms with Crippen molar-refractivity contribution in [3.8, 4) is 0 Å². The minimum absolute atomic E-state index is 0.0602. The van der Waals surface area contributed by atoms with E-state index in [2.05, 4.69) is 129 Å². The second-order valence-electron chi connectivity index (χ2n) is 15.2. The average molecular weight is 615 g/mol. The molecular weight excluding hydrogens is 557 g/mol. The molecule has 236 valence electrons. The van der Waals surface area contributed by atoms with E-state index >= 15 is 0 Å². The fourth-order valence-electron chi connectivity index (χ4n) is 6.02. The molecule has 0 saturated carbocycles. The molecule has 0 amide bonds. The van der Waals surface area contributed by atoms with Gasteiger partial charge in [0.25, 0.3) is 8.32 Å². The van der Waals surface area contributed by atoms with Crippen LogP contribution in [0.5, 0.6) is 0 Å². The van der Waals surface area contributed by atoms with Crippen LogP contribution in [-0.4, -0.2) is 61.1 Å². The van der Waals surface area contributed by atoms with Crippen LogP contribution in [0.25, 0.3) is 0 Å². The molecule has 5 nitrogen and oxygen atoms in total. The standard InChI is InChI=1S/C35H58O5Si2/c1-26(24-38-42(34(6,7)8,28-20-16-14-17-21-28)29-22-18-15-19-23-29)31(40-41(12,13)33(3,4)5)27(2)32-30(36-11)25-37-35(9,10)39-32/h14-23,26-27,30-32H,24-25H2,1-13H3/t26-,27+,30+,31+,32-/m1/s1. The van der Waals surface area contributed by atoms with Gasteiger partial charge in [-0.3, -0.25) is 0 Å². The summed E-state index contributed by atoms with van der Waals surface area (Å²) in [6, 6.07) is 21.7. The van der Waals surface area contributed by atoms with E-state index < -0.39 is 22.4 Å². The largest absolute Gasteiger partial charge is 0.413 e. The number of methoxy groups -OCH3 is 1. The van der Waals surface area contributed by atoms with Crippen LogP contribution >= 0.6 is 0 Å². The van der Waals surface area contributed by atoms with Gasteiger partial charge in [0.05, 0.1) is 18.8 Å². The topological polar surface area (TPSA) is 46.2 Å². The molecule has 1 saturated heterocycles. The van der Waals surface area contributed by atoms with E-state index in [9.17, 15) is 0 Å². The van der Waals surface area contributed by atoms with Crippen LogP contribution in [-0.2, 0) is 23.1 Å². The third-order valence-electron chi connectivity index (χ3n) is 9.50. The lowest BCUT2D eigenvalue weighted by atomic mass is 9.86. The molecule has 2 aromatic carbocycles. The zero-order valence-electron chi connectivity index (χ0n) is 28.6. The van der Waals surface area contributed by atoms with Crippen molar-refractivity contribution < 1.29 is 23.1 Å². The van der Waals surface area contributed by atoms with Crippen molar-refractivity contribution in [3.63, 3.8) is 0 Å². The number of ether oxygens (including phenoxy) is 3. The van der Waals surface area contributed by atoms with E-state index in [0.29, 0.717) is 13.2 Å². The van der Waals surface area contributed by atoms with Crippen molar-refractivity contribution >= 4 is 27.0 Å². The fourth-order valence-corrected chi connectivity index (χ4v) is 12.2. The molecule has 42 heavy (non-hydrogen) atoms. The quantitative estimate of drug-likeness (QED) is 0.247. The highest BCUT2D eigenvalue weighted by Crippen LogP contribution is 2.42. The van der Waals surface area contributed by atoms with Crippen LogP contribution in [0, 0.1) is 11.8 Å². The lowest BCUT2D eigenvalue weighted by molar-refractivity contribution is -0.320. The normalized spacial score (nSPS) is 22.4. The molecule has 1 aliphatic rings. The number of benzene rings is 2. The first-order valence-corrected chi connectivity index (χ1v) is 20.5. The molecule has 0 spiro atoms. The molecule has 3 rings (SSSR count). The second-order valence-corrected chi connectivity index (χ2v) is 24.3. The van der Waals surface area contributed by atoms with Crippen molar-refractivity contribution in [1.82, 2.24) is 0 Å². The van der Waals surface area contributed by atoms with Gasteiger partial charge >= 0.3 is 0 Å². The van der Waals surface area contributed by atoms with Crippen molar-refractivity contribution in [2.45, 2.75) is 117 Å². The van der Waals surface area contributed by atoms with Crippen molar-refractivity contribution in [2.75, 3.05) is 20.3 Å². The molecule has 0 N–H and O–H groups in total. The third-order valence-corrected chi connectivity index (χ3v) is 19.0. The molecule has 1 fully saturated rings. The number of hydrogen-bond donors (Lipinski definition) is 0. The second kappa shape index (κ2) is 13.3. The monoisotopic (exact) mass is 614 g/mol. The van der Waals surface area contributed by atoms with Gasteiger partial charge in [-0.05, 0) is 47.4 Å². The summed E-state index contributed by atoms with van der Waals surface area (Å²) in [5.74, 6) is -0.503. The maximum atomic E-state index is 7.42. The van der Waals surface area contributed by atoms with Crippen molar-refractivity contribution in [2.24, 2.45) is 11.8 Å². The Bertz CT molecular complexity index is 1070. The van der Waals surface area contributed by atoms with Crippen molar-refractivity contribution in [1.29, 1.82) is 0 Å². The molecular formula is C35H58O5Si2. The van der Waals surface area contributed by atoms with Gasteiger partial charge in [0, 0.05) is 25.6 Å². The lowest BCUT2D eigenvalue weighted by Crippen LogP contribution is -2.67. The summed E-state index contributed by atoms with van der Waals surface area (Å²) in [5.41, 5.74) is 0. The molecule has 5 atom stereocenters. The molecule has 0 bridgehead atoms. The summed E-state index contributed by atoms with van der Waals surface area (Å²) < 4.78 is 33.2. The van der Waals surface area contributed by atoms with E-state index in [1.54, 1.807) is 7.11 Å². The van der Waals surface area contributed by atoms with E-state index in [4.69, 9.17) is 23.1 Å². The average Bonchev–Trinajstić information content (AvgIpc) is 2.91. The van der Waals surface area contributed by atoms with Crippen LogP contribution in [0.1, 0.15) is 69.2 Å². The Labute approximate surface area is 258 Å². The van der Waals surface area contributed by atoms with Crippen molar-refractivity contribution in [3.05, 3.63) is 60.7 Å². The molecule has 1 aliphatic heterocycles. The molecule has 0 unspecified atom stereocenters. The van der Waals surface area contributed by atoms with E-state index in [0.717, 1.165) is 0 Å². The Balaban J connectivity index is 2.05. The van der Waals surface area contributed by atoms with E-state index in [-0.39, 0.29) is 40.2 Å². The first-order chi connectivity index (χ1) is 19.4. The van der Waals surface area contributed by atoms with Crippen LogP contribution in [0.2, 0.25) is 23.2 Å². The maximum Gasteiger partial charge on any atom is 0.261 e. The van der Waals surface area contributed by atoms with Gasteiger partial charge in [-0.2, -0.15) is 0 Å². The van der Waals surface area contributed by atoms with Gasteiger partial charge in [-0.25, -0.2) is 0 Å². The van der Waals surface area contributed by atoms with E-state index in [1.165, 1.54) is 10.4 Å². The number of rotatable bonds is 11. The third kappa shape index (κ3) is 7.66. The predicted molar refractivity (Wildman–Crippen MR) is 180 cm³/mol. The lowest BCUT2D eigenvalue weighted by Gasteiger charge is -2.49. The summed E-state index contributed by atoms with van der Waals surface area (Å²) in [5, 5.41) is 2.56. The van der Waals surface area contributed by atoms with Gasteiger partial charge in [0.15, 0.2) is 14.1 Å². The van der Waals surface area contributed by atoms with Gasteiger partial charge in [-0.1, -0.05) is 116 Å². The maximum absolute atomic E-state index is 7.42. The predicted octanol–water partition coefficient (Wildman–Crippen LogP) is 7.39. The zero-order valence-corrected chi connectivity index (χ0v) is 30.6. The van der Waals surface area contributed by atoms with E-state index in [1.807, 2.05) is 13.8 Å². The number of hydrogen-bond acceptors (Lipinski definition) is 5. The molecule has 0 aromatic heterocycles. The Morgan fingerprint density at radius 1 is 0.857 bits per heavy atom. The first kappa shape index (κ1) is 35.2. The van der Waals surface area contributed by atoms with Gasteiger partial charge in [0.1, 0.15) is 6.10 Å². The highest BCUT2D eigenvalue weighted by Gasteiger charge is 2.52. The Morgan fingerprint density at radius 2 is 1.36 bits per heavy atom. The van der Waals surface area contributed by atoms with Crippen LogP contribution < -0.4 is 10.4 Å². The molecule has 7 heteroatoms. The van der Waals surface area contributed by atoms with Crippen LogP contribution in [0.15, 0.2) is 60.7 Å². The summed E-state index contributed by atoms with van der Waals surface area (Å²) in [7, 11) is -3.08. The zero-order chi connectivity index (χ0) is 31.6. The highest BCUT2D eigenvalue weighted by molar-refractivity contribution is 6.99. The Hall–Kier alpha value is -1.33. The summed E-state index contributed by atoms with van der Waals surface area (Å²) in [4.78, 5) is 0. The summed E-state index contributed by atoms with van der Waals surface area (Å²) >= 11 is 0. The Morgan fingerprint density at radius 3 is 1.79 bits per heavy atom. The highest BCUT2D eigenvalue weighted by atomic mass is 28.4. The fraction of sp³-hybridized carbons (Fsp3) is 0.657. The van der Waals surface area contributed by atoms with Gasteiger partial charge in [-0.15, -0.1) is 0 Å². The molecule has 0 aliphatic carbocycles. The molecule has 0 radical (unpaired) electrons. The summed E-state index contributed by atoms with van der Waals surface area (Å²) in [6.45, 7) is 28.2. The smallest absolute Gasteiger partial charge is 0.261 e. The van der Waals surface area contributed by atoms with Crippen LogP contribution in [0.3, 0.4) is 0 Å². The molecule has 1 heterocycles. The van der Waals surface area contributed by atoms with Crippen LogP contribution in [0.4, 0.5) is 0 Å². The van der Waals surface area contributed by atoms with Gasteiger partial charge in [0.2, 0.25) is 0 Å². The van der Waals surface area contributed by atoms with Gasteiger partial charge < -0.3 is 23.1 Å². The first-order valence-electron chi connectivity index (χ1n) is 15.6. The minimum atomic E-state index is -2.69. The molecule has 2 aromatic rings. The summed E-state index contributed by atoms with van der Waals surface area (Å²) in [6.07, 6.45) is -0.409. The Kier molecular flexibility index (Phi) is 11.2. The SMILES string of the molecule is CO[C@H]1COC(C)(C)O[C@@H]1[C@@H](C)[C@@H](O[Si](C)(C)C(C)(C)C)[C@H](C)CO[Si](c1ccccc1)(c1ccccc1)C(C)(C)C.